The van der Waals surface area contributed by atoms with Crippen LogP contribution in [-0.4, -0.2) is 29.8 Å². The van der Waals surface area contributed by atoms with Gasteiger partial charge in [0.05, 0.1) is 17.2 Å². The lowest BCUT2D eigenvalue weighted by molar-refractivity contribution is 0.0921. The molecule has 136 valence electrons. The number of aryl methyl sites for hydroxylation is 1. The maximum Gasteiger partial charge on any atom is 0.287 e. The lowest BCUT2D eigenvalue weighted by Crippen LogP contribution is -2.22. The Morgan fingerprint density at radius 1 is 1.31 bits per heavy atom. The summed E-state index contributed by atoms with van der Waals surface area (Å²) in [5, 5.41) is 7.09. The molecule has 26 heavy (non-hydrogen) atoms. The number of benzene rings is 1. The molecule has 0 fully saturated rings. The number of nitrogens with zero attached hydrogens (tertiary/aromatic N) is 3. The number of rotatable bonds is 6. The van der Waals surface area contributed by atoms with E-state index in [1.54, 1.807) is 23.0 Å². The molecule has 0 aliphatic rings. The van der Waals surface area contributed by atoms with Crippen molar-refractivity contribution in [2.24, 2.45) is 0 Å². The molecule has 6 nitrogen and oxygen atoms in total. The Morgan fingerprint density at radius 2 is 2.12 bits per heavy atom. The molecule has 7 heteroatoms. The Bertz CT molecular complexity index is 914. The molecule has 1 N–H and O–H groups in total. The molecule has 0 unspecified atom stereocenters. The van der Waals surface area contributed by atoms with Crippen molar-refractivity contribution in [3.8, 4) is 0 Å². The molecule has 2 aromatic heterocycles. The first kappa shape index (κ1) is 18.3. The Kier molecular flexibility index (Phi) is 5.46. The van der Waals surface area contributed by atoms with Crippen LogP contribution in [0.5, 0.6) is 0 Å². The van der Waals surface area contributed by atoms with E-state index in [2.05, 4.69) is 37.3 Å². The molecule has 0 aliphatic heterocycles. The fraction of sp³-hybridized carbons (Fsp3) is 0.263. The van der Waals surface area contributed by atoms with Gasteiger partial charge in [-0.15, -0.1) is 0 Å². The Labute approximate surface area is 160 Å². The van der Waals surface area contributed by atoms with Crippen molar-refractivity contribution in [1.29, 1.82) is 0 Å². The Hall–Kier alpha value is -2.54. The van der Waals surface area contributed by atoms with E-state index in [0.29, 0.717) is 24.6 Å². The number of carbonyl (C=O) groups is 1. The molecular weight excluding hydrogens is 396 g/mol. The Balaban J connectivity index is 1.60. The standard InChI is InChI=1S/C19H21BrN4O2/c1-13-8-16(23(2)3)5-4-14(13)9-21-19(25)18-7-6-17(26-18)12-24-11-15(20)10-22-24/h4-8,10-11H,9,12H2,1-3H3,(H,21,25). The van der Waals surface area contributed by atoms with Crippen LogP contribution in [0.4, 0.5) is 5.69 Å². The van der Waals surface area contributed by atoms with Crippen LogP contribution in [0.15, 0.2) is 51.6 Å². The summed E-state index contributed by atoms with van der Waals surface area (Å²) in [5.41, 5.74) is 3.36. The summed E-state index contributed by atoms with van der Waals surface area (Å²) in [5.74, 6) is 0.750. The lowest BCUT2D eigenvalue weighted by Gasteiger charge is -2.15. The zero-order valence-corrected chi connectivity index (χ0v) is 16.6. The van der Waals surface area contributed by atoms with Gasteiger partial charge >= 0.3 is 0 Å². The minimum Gasteiger partial charge on any atom is -0.454 e. The van der Waals surface area contributed by atoms with Crippen LogP contribution in [0, 0.1) is 6.92 Å². The largest absolute Gasteiger partial charge is 0.454 e. The number of amides is 1. The molecule has 0 spiro atoms. The topological polar surface area (TPSA) is 63.3 Å². The maximum atomic E-state index is 12.3. The molecule has 0 saturated carbocycles. The molecular formula is C19H21BrN4O2. The van der Waals surface area contributed by atoms with Gasteiger partial charge in [0.1, 0.15) is 5.76 Å². The third-order valence-electron chi connectivity index (χ3n) is 4.09. The third-order valence-corrected chi connectivity index (χ3v) is 4.50. The van der Waals surface area contributed by atoms with Crippen molar-refractivity contribution in [3.05, 3.63) is 69.8 Å². The average molecular weight is 417 g/mol. The van der Waals surface area contributed by atoms with Crippen molar-refractivity contribution < 1.29 is 9.21 Å². The van der Waals surface area contributed by atoms with Gasteiger partial charge < -0.3 is 14.6 Å². The monoisotopic (exact) mass is 416 g/mol. The van der Waals surface area contributed by atoms with E-state index in [1.165, 1.54) is 0 Å². The van der Waals surface area contributed by atoms with Gasteiger partial charge in [-0.2, -0.15) is 5.10 Å². The molecule has 0 radical (unpaired) electrons. The van der Waals surface area contributed by atoms with Gasteiger partial charge in [0.25, 0.3) is 5.91 Å². The van der Waals surface area contributed by atoms with Crippen molar-refractivity contribution >= 4 is 27.5 Å². The predicted molar refractivity (Wildman–Crippen MR) is 104 cm³/mol. The summed E-state index contributed by atoms with van der Waals surface area (Å²) in [6, 6.07) is 9.66. The normalized spacial score (nSPS) is 10.8. The number of anilines is 1. The average Bonchev–Trinajstić information content (AvgIpc) is 3.23. The second kappa shape index (κ2) is 7.78. The SMILES string of the molecule is Cc1cc(N(C)C)ccc1CNC(=O)c1ccc(Cn2cc(Br)cn2)o1. The molecule has 3 aromatic rings. The smallest absolute Gasteiger partial charge is 0.287 e. The predicted octanol–water partition coefficient (Wildman–Crippen LogP) is 3.59. The van der Waals surface area contributed by atoms with Gasteiger partial charge in [0.2, 0.25) is 0 Å². The highest BCUT2D eigenvalue weighted by Crippen LogP contribution is 2.17. The number of aromatic nitrogens is 2. The summed E-state index contributed by atoms with van der Waals surface area (Å²) in [6.45, 7) is 2.98. The van der Waals surface area contributed by atoms with Crippen LogP contribution in [0.25, 0.3) is 0 Å². The van der Waals surface area contributed by atoms with Gasteiger partial charge in [-0.05, 0) is 58.2 Å². The number of carbonyl (C=O) groups excluding carboxylic acids is 1. The van der Waals surface area contributed by atoms with E-state index in [-0.39, 0.29) is 5.91 Å². The van der Waals surface area contributed by atoms with Gasteiger partial charge in [-0.25, -0.2) is 0 Å². The van der Waals surface area contributed by atoms with E-state index in [9.17, 15) is 4.79 Å². The maximum absolute atomic E-state index is 12.3. The van der Waals surface area contributed by atoms with Crippen molar-refractivity contribution in [1.82, 2.24) is 15.1 Å². The minimum absolute atomic E-state index is 0.228. The van der Waals surface area contributed by atoms with Crippen molar-refractivity contribution in [3.63, 3.8) is 0 Å². The van der Waals surface area contributed by atoms with Crippen LogP contribution in [0.3, 0.4) is 0 Å². The van der Waals surface area contributed by atoms with Crippen molar-refractivity contribution in [2.45, 2.75) is 20.0 Å². The van der Waals surface area contributed by atoms with Gasteiger partial charge in [-0.3, -0.25) is 9.48 Å². The first-order valence-electron chi connectivity index (χ1n) is 8.24. The highest BCUT2D eigenvalue weighted by atomic mass is 79.9. The molecule has 0 atom stereocenters. The van der Waals surface area contributed by atoms with Crippen molar-refractivity contribution in [2.75, 3.05) is 19.0 Å². The number of hydrogen-bond acceptors (Lipinski definition) is 4. The van der Waals surface area contributed by atoms with Gasteiger partial charge in [-0.1, -0.05) is 6.07 Å². The van der Waals surface area contributed by atoms with E-state index in [0.717, 1.165) is 21.3 Å². The highest BCUT2D eigenvalue weighted by Gasteiger charge is 2.12. The van der Waals surface area contributed by atoms with Crippen LogP contribution in [-0.2, 0) is 13.1 Å². The second-order valence-corrected chi connectivity index (χ2v) is 7.23. The number of halogens is 1. The third kappa shape index (κ3) is 4.35. The van der Waals surface area contributed by atoms with E-state index in [4.69, 9.17) is 4.42 Å². The molecule has 3 rings (SSSR count). The number of nitrogens with one attached hydrogen (secondary N) is 1. The molecule has 2 heterocycles. The minimum atomic E-state index is -0.228. The van der Waals surface area contributed by atoms with Gasteiger partial charge in [0, 0.05) is 32.5 Å². The summed E-state index contributed by atoms with van der Waals surface area (Å²) in [4.78, 5) is 14.4. The number of furan rings is 1. The highest BCUT2D eigenvalue weighted by molar-refractivity contribution is 9.10. The zero-order chi connectivity index (χ0) is 18.7. The molecule has 0 saturated heterocycles. The van der Waals surface area contributed by atoms with E-state index in [1.807, 2.05) is 39.3 Å². The summed E-state index contributed by atoms with van der Waals surface area (Å²) in [7, 11) is 4.01. The van der Waals surface area contributed by atoms with Crippen LogP contribution in [0.2, 0.25) is 0 Å². The first-order valence-corrected chi connectivity index (χ1v) is 9.03. The summed E-state index contributed by atoms with van der Waals surface area (Å²) < 4.78 is 8.27. The molecule has 1 amide bonds. The molecule has 0 bridgehead atoms. The van der Waals surface area contributed by atoms with E-state index >= 15 is 0 Å². The van der Waals surface area contributed by atoms with E-state index < -0.39 is 0 Å². The summed E-state index contributed by atoms with van der Waals surface area (Å²) in [6.07, 6.45) is 3.56. The van der Waals surface area contributed by atoms with Crippen LogP contribution >= 0.6 is 15.9 Å². The fourth-order valence-corrected chi connectivity index (χ4v) is 2.92. The van der Waals surface area contributed by atoms with Crippen LogP contribution < -0.4 is 10.2 Å². The number of hydrogen-bond donors (Lipinski definition) is 1. The second-order valence-electron chi connectivity index (χ2n) is 6.31. The van der Waals surface area contributed by atoms with Gasteiger partial charge in [0.15, 0.2) is 5.76 Å². The first-order chi connectivity index (χ1) is 12.4. The Morgan fingerprint density at radius 3 is 2.77 bits per heavy atom. The summed E-state index contributed by atoms with van der Waals surface area (Å²) >= 11 is 3.35. The zero-order valence-electron chi connectivity index (χ0n) is 15.0. The quantitative estimate of drug-likeness (QED) is 0.666. The fourth-order valence-electron chi connectivity index (χ4n) is 2.59. The molecule has 1 aromatic carbocycles. The molecule has 0 aliphatic carbocycles. The lowest BCUT2D eigenvalue weighted by atomic mass is 10.1. The van der Waals surface area contributed by atoms with Crippen LogP contribution in [0.1, 0.15) is 27.4 Å².